The maximum Gasteiger partial charge on any atom is 0.251 e. The Hall–Kier alpha value is -2.23. The van der Waals surface area contributed by atoms with E-state index in [4.69, 9.17) is 4.42 Å². The molecule has 0 aliphatic carbocycles. The monoisotopic (exact) mass is 258 g/mol. The lowest BCUT2D eigenvalue weighted by molar-refractivity contribution is 0.0963. The second-order valence-electron chi connectivity index (χ2n) is 4.47. The molecule has 0 radical (unpaired) electrons. The van der Waals surface area contributed by atoms with Crippen LogP contribution in [0.25, 0.3) is 0 Å². The fourth-order valence-corrected chi connectivity index (χ4v) is 1.90. The van der Waals surface area contributed by atoms with Crippen LogP contribution in [-0.4, -0.2) is 13.0 Å². The summed E-state index contributed by atoms with van der Waals surface area (Å²) >= 11 is 0. The number of hydrogen-bond donors (Lipinski definition) is 2. The molecule has 0 aliphatic rings. The Morgan fingerprint density at radius 2 is 2.05 bits per heavy atom. The molecule has 1 amide bonds. The summed E-state index contributed by atoms with van der Waals surface area (Å²) in [5.74, 6) is 1.68. The molecule has 0 fully saturated rings. The van der Waals surface area contributed by atoms with Crippen LogP contribution in [0.4, 0.5) is 5.69 Å². The number of furan rings is 1. The maximum atomic E-state index is 11.6. The Balaban J connectivity index is 2.12. The highest BCUT2D eigenvalue weighted by Crippen LogP contribution is 2.21. The molecular formula is C15H18N2O2. The van der Waals surface area contributed by atoms with Crippen molar-refractivity contribution >= 4 is 11.6 Å². The molecule has 0 bridgehead atoms. The zero-order chi connectivity index (χ0) is 13.8. The number of hydrogen-bond acceptors (Lipinski definition) is 3. The van der Waals surface area contributed by atoms with Gasteiger partial charge in [0.2, 0.25) is 0 Å². The maximum absolute atomic E-state index is 11.6. The number of carbonyl (C=O) groups excluding carboxylic acids is 1. The third kappa shape index (κ3) is 3.16. The number of aryl methyl sites for hydroxylation is 1. The fourth-order valence-electron chi connectivity index (χ4n) is 1.90. The van der Waals surface area contributed by atoms with E-state index >= 15 is 0 Å². The lowest BCUT2D eigenvalue weighted by atomic mass is 10.1. The van der Waals surface area contributed by atoms with Gasteiger partial charge in [0, 0.05) is 18.3 Å². The average Bonchev–Trinajstić information content (AvgIpc) is 2.85. The van der Waals surface area contributed by atoms with Gasteiger partial charge in [0.05, 0.1) is 6.04 Å². The molecule has 2 aromatic rings. The molecule has 1 unspecified atom stereocenters. The predicted molar refractivity (Wildman–Crippen MR) is 75.3 cm³/mol. The van der Waals surface area contributed by atoms with Crippen LogP contribution >= 0.6 is 0 Å². The Morgan fingerprint density at radius 3 is 2.68 bits per heavy atom. The summed E-state index contributed by atoms with van der Waals surface area (Å²) in [6, 6.07) is 11.3. The van der Waals surface area contributed by atoms with E-state index in [1.807, 2.05) is 44.2 Å². The number of rotatable bonds is 4. The second kappa shape index (κ2) is 5.61. The van der Waals surface area contributed by atoms with Gasteiger partial charge in [0.25, 0.3) is 5.91 Å². The van der Waals surface area contributed by atoms with Gasteiger partial charge in [-0.3, -0.25) is 4.79 Å². The minimum absolute atomic E-state index is 0.0497. The van der Waals surface area contributed by atoms with E-state index in [2.05, 4.69) is 10.6 Å². The molecule has 0 aliphatic heterocycles. The fraction of sp³-hybridized carbons (Fsp3) is 0.267. The normalized spacial score (nSPS) is 11.9. The third-order valence-corrected chi connectivity index (χ3v) is 2.92. The van der Waals surface area contributed by atoms with Crippen molar-refractivity contribution in [2.24, 2.45) is 0 Å². The van der Waals surface area contributed by atoms with Crippen molar-refractivity contribution < 1.29 is 9.21 Å². The van der Waals surface area contributed by atoms with Gasteiger partial charge in [0.1, 0.15) is 11.5 Å². The van der Waals surface area contributed by atoms with Crippen molar-refractivity contribution in [3.63, 3.8) is 0 Å². The summed E-state index contributed by atoms with van der Waals surface area (Å²) in [6.45, 7) is 3.94. The van der Waals surface area contributed by atoms with Gasteiger partial charge < -0.3 is 15.1 Å². The van der Waals surface area contributed by atoms with E-state index in [1.54, 1.807) is 13.1 Å². The summed E-state index contributed by atoms with van der Waals surface area (Å²) < 4.78 is 5.57. The first-order valence-corrected chi connectivity index (χ1v) is 6.25. The Morgan fingerprint density at radius 1 is 1.26 bits per heavy atom. The highest BCUT2D eigenvalue weighted by molar-refractivity contribution is 5.94. The Kier molecular flexibility index (Phi) is 3.90. The SMILES string of the molecule is CNC(=O)c1cccc(NC(C)c2ccc(C)o2)c1. The van der Waals surface area contributed by atoms with Crippen molar-refractivity contribution in [2.75, 3.05) is 12.4 Å². The molecule has 4 nitrogen and oxygen atoms in total. The lowest BCUT2D eigenvalue weighted by Gasteiger charge is -2.13. The summed E-state index contributed by atoms with van der Waals surface area (Å²) in [6.07, 6.45) is 0. The largest absolute Gasteiger partial charge is 0.464 e. The molecule has 2 rings (SSSR count). The van der Waals surface area contributed by atoms with Crippen LogP contribution in [0.3, 0.4) is 0 Å². The zero-order valence-electron chi connectivity index (χ0n) is 11.4. The molecule has 1 aromatic carbocycles. The van der Waals surface area contributed by atoms with Crippen LogP contribution < -0.4 is 10.6 Å². The van der Waals surface area contributed by atoms with Crippen molar-refractivity contribution in [3.8, 4) is 0 Å². The minimum atomic E-state index is -0.0925. The van der Waals surface area contributed by atoms with E-state index in [1.165, 1.54) is 0 Å². The topological polar surface area (TPSA) is 54.3 Å². The van der Waals surface area contributed by atoms with Gasteiger partial charge in [-0.1, -0.05) is 6.07 Å². The van der Waals surface area contributed by atoms with E-state index in [0.717, 1.165) is 17.2 Å². The van der Waals surface area contributed by atoms with E-state index < -0.39 is 0 Å². The standard InChI is InChI=1S/C15H18N2O2/c1-10-7-8-14(19-10)11(2)17-13-6-4-5-12(9-13)15(18)16-3/h4-9,11,17H,1-3H3,(H,16,18). The highest BCUT2D eigenvalue weighted by atomic mass is 16.3. The minimum Gasteiger partial charge on any atom is -0.464 e. The molecule has 19 heavy (non-hydrogen) atoms. The van der Waals surface area contributed by atoms with Crippen LogP contribution in [0, 0.1) is 6.92 Å². The first-order valence-electron chi connectivity index (χ1n) is 6.25. The molecule has 0 saturated heterocycles. The van der Waals surface area contributed by atoms with Crippen molar-refractivity contribution in [1.29, 1.82) is 0 Å². The second-order valence-corrected chi connectivity index (χ2v) is 4.47. The highest BCUT2D eigenvalue weighted by Gasteiger charge is 2.10. The summed E-state index contributed by atoms with van der Waals surface area (Å²) in [5.41, 5.74) is 1.53. The van der Waals surface area contributed by atoms with Gasteiger partial charge in [-0.15, -0.1) is 0 Å². The number of anilines is 1. The van der Waals surface area contributed by atoms with E-state index in [-0.39, 0.29) is 11.9 Å². The summed E-state index contributed by atoms with van der Waals surface area (Å²) in [4.78, 5) is 11.6. The van der Waals surface area contributed by atoms with E-state index in [0.29, 0.717) is 5.56 Å². The summed E-state index contributed by atoms with van der Waals surface area (Å²) in [7, 11) is 1.62. The molecule has 1 aromatic heterocycles. The van der Waals surface area contributed by atoms with Gasteiger partial charge in [0.15, 0.2) is 0 Å². The quantitative estimate of drug-likeness (QED) is 0.886. The number of nitrogens with one attached hydrogen (secondary N) is 2. The lowest BCUT2D eigenvalue weighted by Crippen LogP contribution is -2.18. The molecule has 4 heteroatoms. The predicted octanol–water partition coefficient (Wildman–Crippen LogP) is 3.12. The number of carbonyl (C=O) groups is 1. The molecule has 2 N–H and O–H groups in total. The third-order valence-electron chi connectivity index (χ3n) is 2.92. The Labute approximate surface area is 112 Å². The van der Waals surface area contributed by atoms with Crippen molar-refractivity contribution in [3.05, 3.63) is 53.5 Å². The molecule has 100 valence electrons. The van der Waals surface area contributed by atoms with Gasteiger partial charge >= 0.3 is 0 Å². The smallest absolute Gasteiger partial charge is 0.251 e. The molecule has 0 spiro atoms. The van der Waals surface area contributed by atoms with Crippen LogP contribution in [0.15, 0.2) is 40.8 Å². The van der Waals surface area contributed by atoms with Crippen molar-refractivity contribution in [2.45, 2.75) is 19.9 Å². The first-order chi connectivity index (χ1) is 9.10. The van der Waals surface area contributed by atoms with Crippen LogP contribution in [-0.2, 0) is 0 Å². The number of amides is 1. The van der Waals surface area contributed by atoms with Crippen LogP contribution in [0.1, 0.15) is 34.8 Å². The molecule has 1 atom stereocenters. The Bertz CT molecular complexity index is 575. The van der Waals surface area contributed by atoms with E-state index in [9.17, 15) is 4.79 Å². The molecule has 0 saturated carbocycles. The van der Waals surface area contributed by atoms with Crippen LogP contribution in [0.2, 0.25) is 0 Å². The van der Waals surface area contributed by atoms with Gasteiger partial charge in [-0.2, -0.15) is 0 Å². The summed E-state index contributed by atoms with van der Waals surface area (Å²) in [5, 5.41) is 5.93. The van der Waals surface area contributed by atoms with Gasteiger partial charge in [-0.25, -0.2) is 0 Å². The first kappa shape index (κ1) is 13.2. The molecular weight excluding hydrogens is 240 g/mol. The zero-order valence-corrected chi connectivity index (χ0v) is 11.4. The van der Waals surface area contributed by atoms with Crippen molar-refractivity contribution in [1.82, 2.24) is 5.32 Å². The van der Waals surface area contributed by atoms with Gasteiger partial charge in [-0.05, 0) is 44.2 Å². The number of benzene rings is 1. The molecule has 1 heterocycles. The van der Waals surface area contributed by atoms with Crippen LogP contribution in [0.5, 0.6) is 0 Å². The average molecular weight is 258 g/mol.